The zero-order valence-electron chi connectivity index (χ0n) is 13.1. The Morgan fingerprint density at radius 1 is 1.14 bits per heavy atom. The van der Waals surface area contributed by atoms with Crippen LogP contribution < -0.4 is 5.46 Å². The van der Waals surface area contributed by atoms with E-state index in [-0.39, 0.29) is 11.2 Å². The van der Waals surface area contributed by atoms with Crippen LogP contribution in [0.4, 0.5) is 0 Å². The van der Waals surface area contributed by atoms with Crippen LogP contribution >= 0.6 is 0 Å². The van der Waals surface area contributed by atoms with Crippen molar-refractivity contribution in [2.24, 2.45) is 0 Å². The second kappa shape index (κ2) is 4.36. The fraction of sp³-hybridized carbons (Fsp3) is 0.438. The van der Waals surface area contributed by atoms with Crippen LogP contribution in [0.1, 0.15) is 39.0 Å². The predicted octanol–water partition coefficient (Wildman–Crippen LogP) is 2.65. The van der Waals surface area contributed by atoms with Crippen molar-refractivity contribution in [1.82, 2.24) is 4.98 Å². The van der Waals surface area contributed by atoms with E-state index in [2.05, 4.69) is 11.1 Å². The van der Waals surface area contributed by atoms with Crippen LogP contribution in [-0.2, 0) is 9.31 Å². The first-order chi connectivity index (χ1) is 9.75. The Kier molecular flexibility index (Phi) is 2.95. The molecule has 0 spiro atoms. The third kappa shape index (κ3) is 2.07. The molecule has 4 nitrogen and oxygen atoms in total. The highest BCUT2D eigenvalue weighted by Crippen LogP contribution is 2.36. The summed E-state index contributed by atoms with van der Waals surface area (Å²) in [5.41, 5.74) is 2.75. The fourth-order valence-corrected chi connectivity index (χ4v) is 2.61. The van der Waals surface area contributed by atoms with E-state index in [0.717, 1.165) is 22.1 Å². The molecule has 0 atom stereocenters. The van der Waals surface area contributed by atoms with E-state index < -0.39 is 7.12 Å². The minimum atomic E-state index is -0.402. The topological polar surface area (TPSA) is 58.0 Å². The summed E-state index contributed by atoms with van der Waals surface area (Å²) in [4.78, 5) is 3.22. The van der Waals surface area contributed by atoms with Crippen LogP contribution in [0.2, 0.25) is 0 Å². The predicted molar refractivity (Wildman–Crippen MR) is 83.5 cm³/mol. The number of nitriles is 1. The average Bonchev–Trinajstić information content (AvgIpc) is 2.81. The second-order valence-electron chi connectivity index (χ2n) is 6.63. The molecular formula is C16H19BN2O2. The number of hydrogen-bond acceptors (Lipinski definition) is 3. The Morgan fingerprint density at radius 3 is 2.33 bits per heavy atom. The Hall–Kier alpha value is -1.77. The van der Waals surface area contributed by atoms with Crippen molar-refractivity contribution in [2.45, 2.75) is 45.8 Å². The number of H-pyrrole nitrogens is 1. The van der Waals surface area contributed by atoms with Gasteiger partial charge in [0.25, 0.3) is 0 Å². The normalized spacial score (nSPS) is 19.9. The molecular weight excluding hydrogens is 263 g/mol. The summed E-state index contributed by atoms with van der Waals surface area (Å²) >= 11 is 0. The van der Waals surface area contributed by atoms with Crippen LogP contribution in [0, 0.1) is 18.3 Å². The minimum absolute atomic E-state index is 0.362. The minimum Gasteiger partial charge on any atom is -0.399 e. The van der Waals surface area contributed by atoms with Gasteiger partial charge in [-0.1, -0.05) is 12.1 Å². The molecule has 2 aromatic rings. The SMILES string of the molecule is Cc1[nH]c2ccc(B3OC(C)(C)C(C)(C)O3)cc2c1C#N. The van der Waals surface area contributed by atoms with Gasteiger partial charge >= 0.3 is 7.12 Å². The van der Waals surface area contributed by atoms with Gasteiger partial charge in [0.15, 0.2) is 0 Å². The lowest BCUT2D eigenvalue weighted by Crippen LogP contribution is -2.41. The van der Waals surface area contributed by atoms with Gasteiger partial charge in [0.05, 0.1) is 16.8 Å². The number of hydrogen-bond donors (Lipinski definition) is 1. The van der Waals surface area contributed by atoms with Gasteiger partial charge in [-0.05, 0) is 46.1 Å². The van der Waals surface area contributed by atoms with Gasteiger partial charge in [-0.25, -0.2) is 0 Å². The molecule has 0 bridgehead atoms. The van der Waals surface area contributed by atoms with E-state index >= 15 is 0 Å². The van der Waals surface area contributed by atoms with Crippen LogP contribution in [0.15, 0.2) is 18.2 Å². The maximum Gasteiger partial charge on any atom is 0.494 e. The zero-order valence-corrected chi connectivity index (χ0v) is 13.1. The Bertz CT molecular complexity index is 739. The lowest BCUT2D eigenvalue weighted by Gasteiger charge is -2.32. The van der Waals surface area contributed by atoms with Crippen molar-refractivity contribution in [3.63, 3.8) is 0 Å². The average molecular weight is 282 g/mol. The number of nitrogens with zero attached hydrogens (tertiary/aromatic N) is 1. The summed E-state index contributed by atoms with van der Waals surface area (Å²) in [5, 5.41) is 10.2. The molecule has 1 saturated heterocycles. The van der Waals surface area contributed by atoms with Crippen molar-refractivity contribution in [3.8, 4) is 6.07 Å². The molecule has 21 heavy (non-hydrogen) atoms. The first kappa shape index (κ1) is 14.2. The Balaban J connectivity index is 2.05. The number of benzene rings is 1. The van der Waals surface area contributed by atoms with Gasteiger partial charge in [0.2, 0.25) is 0 Å². The molecule has 0 saturated carbocycles. The molecule has 1 N–H and O–H groups in total. The van der Waals surface area contributed by atoms with Crippen LogP contribution in [0.25, 0.3) is 10.9 Å². The Morgan fingerprint density at radius 2 is 1.76 bits per heavy atom. The maximum absolute atomic E-state index is 9.30. The third-order valence-corrected chi connectivity index (χ3v) is 4.65. The summed E-state index contributed by atoms with van der Waals surface area (Å²) < 4.78 is 12.1. The van der Waals surface area contributed by atoms with Crippen LogP contribution in [-0.4, -0.2) is 23.3 Å². The van der Waals surface area contributed by atoms with Gasteiger partial charge < -0.3 is 14.3 Å². The summed E-state index contributed by atoms with van der Waals surface area (Å²) in [6, 6.07) is 8.20. The largest absolute Gasteiger partial charge is 0.494 e. The molecule has 0 radical (unpaired) electrons. The van der Waals surface area contributed by atoms with Gasteiger partial charge in [-0.15, -0.1) is 0 Å². The highest BCUT2D eigenvalue weighted by atomic mass is 16.7. The number of rotatable bonds is 1. The zero-order chi connectivity index (χ0) is 15.4. The van der Waals surface area contributed by atoms with E-state index in [9.17, 15) is 5.26 Å². The lowest BCUT2D eigenvalue weighted by molar-refractivity contribution is 0.00578. The fourth-order valence-electron chi connectivity index (χ4n) is 2.61. The van der Waals surface area contributed by atoms with Crippen molar-refractivity contribution >= 4 is 23.5 Å². The highest BCUT2D eigenvalue weighted by molar-refractivity contribution is 6.62. The van der Waals surface area contributed by atoms with E-state index in [1.54, 1.807) is 0 Å². The van der Waals surface area contributed by atoms with Crippen LogP contribution in [0.3, 0.4) is 0 Å². The summed E-state index contributed by atoms with van der Waals surface area (Å²) in [5.74, 6) is 0. The van der Waals surface area contributed by atoms with Gasteiger partial charge in [0.1, 0.15) is 6.07 Å². The van der Waals surface area contributed by atoms with E-state index in [1.165, 1.54) is 0 Å². The summed E-state index contributed by atoms with van der Waals surface area (Å²) in [6.45, 7) is 10.0. The lowest BCUT2D eigenvalue weighted by atomic mass is 9.78. The molecule has 0 amide bonds. The maximum atomic E-state index is 9.30. The molecule has 5 heteroatoms. The number of aromatic amines is 1. The van der Waals surface area contributed by atoms with Crippen molar-refractivity contribution in [1.29, 1.82) is 5.26 Å². The number of aryl methyl sites for hydroxylation is 1. The first-order valence-corrected chi connectivity index (χ1v) is 7.13. The molecule has 1 aliphatic rings. The molecule has 1 fully saturated rings. The van der Waals surface area contributed by atoms with Gasteiger partial charge in [0, 0.05) is 16.6 Å². The molecule has 1 aromatic heterocycles. The first-order valence-electron chi connectivity index (χ1n) is 7.13. The number of fused-ring (bicyclic) bond motifs is 1. The molecule has 108 valence electrons. The standard InChI is InChI=1S/C16H19BN2O2/c1-10-13(9-18)12-8-11(6-7-14(12)19-10)17-20-15(2,3)16(4,5)21-17/h6-8,19H,1-5H3. The van der Waals surface area contributed by atoms with Crippen molar-refractivity contribution in [2.75, 3.05) is 0 Å². The molecule has 1 aromatic carbocycles. The second-order valence-corrected chi connectivity index (χ2v) is 6.63. The third-order valence-electron chi connectivity index (χ3n) is 4.65. The molecule has 2 heterocycles. The highest BCUT2D eigenvalue weighted by Gasteiger charge is 2.51. The smallest absolute Gasteiger partial charge is 0.399 e. The summed E-state index contributed by atoms with van der Waals surface area (Å²) in [6.07, 6.45) is 0. The molecule has 1 aliphatic heterocycles. The van der Waals surface area contributed by atoms with Crippen LogP contribution in [0.5, 0.6) is 0 Å². The molecule has 0 unspecified atom stereocenters. The Labute approximate surface area is 125 Å². The van der Waals surface area contributed by atoms with Crippen molar-refractivity contribution < 1.29 is 9.31 Å². The van der Waals surface area contributed by atoms with E-state index in [0.29, 0.717) is 5.56 Å². The van der Waals surface area contributed by atoms with Crippen molar-refractivity contribution in [3.05, 3.63) is 29.5 Å². The molecule has 3 rings (SSSR count). The monoisotopic (exact) mass is 282 g/mol. The van der Waals surface area contributed by atoms with E-state index in [1.807, 2.05) is 52.8 Å². The number of nitrogens with one attached hydrogen (secondary N) is 1. The summed E-state index contributed by atoms with van der Waals surface area (Å²) in [7, 11) is -0.402. The quantitative estimate of drug-likeness (QED) is 0.818. The van der Waals surface area contributed by atoms with E-state index in [4.69, 9.17) is 9.31 Å². The molecule has 0 aliphatic carbocycles. The van der Waals surface area contributed by atoms with Gasteiger partial charge in [-0.2, -0.15) is 5.26 Å². The number of aromatic nitrogens is 1. The van der Waals surface area contributed by atoms with Gasteiger partial charge in [-0.3, -0.25) is 0 Å².